The van der Waals surface area contributed by atoms with Gasteiger partial charge in [0.25, 0.3) is 0 Å². The number of H-pyrrole nitrogens is 1. The molecule has 1 unspecified atom stereocenters. The Kier molecular flexibility index (Phi) is 4.09. The number of aromatic nitrogens is 6. The van der Waals surface area contributed by atoms with Crippen molar-refractivity contribution in [2.75, 3.05) is 6.61 Å². The molecule has 0 saturated carbocycles. The molecule has 0 radical (unpaired) electrons. The Balaban J connectivity index is 1.39. The van der Waals surface area contributed by atoms with Crippen LogP contribution in [0.4, 0.5) is 0 Å². The number of aliphatic hydroxyl groups is 1. The first-order chi connectivity index (χ1) is 12.3. The summed E-state index contributed by atoms with van der Waals surface area (Å²) in [6.07, 6.45) is 4.44. The van der Waals surface area contributed by atoms with E-state index in [0.29, 0.717) is 5.82 Å². The van der Waals surface area contributed by atoms with Gasteiger partial charge in [-0.15, -0.1) is 10.2 Å². The van der Waals surface area contributed by atoms with Crippen molar-refractivity contribution in [2.45, 2.75) is 12.6 Å². The van der Waals surface area contributed by atoms with Crippen molar-refractivity contribution in [2.24, 2.45) is 0 Å². The summed E-state index contributed by atoms with van der Waals surface area (Å²) in [4.78, 5) is 8.51. The minimum absolute atomic E-state index is 0.133. The lowest BCUT2D eigenvalue weighted by atomic mass is 10.2. The smallest absolute Gasteiger partial charge is 0.206 e. The average Bonchev–Trinajstić information content (AvgIpc) is 3.30. The van der Waals surface area contributed by atoms with Gasteiger partial charge in [0.2, 0.25) is 5.82 Å². The number of nitrogens with zero attached hydrogens (tertiary/aromatic N) is 5. The zero-order chi connectivity index (χ0) is 17.1. The molecule has 4 rings (SSSR count). The number of tetrazole rings is 1. The second-order valence-electron chi connectivity index (χ2n) is 5.57. The molecule has 126 valence electrons. The SMILES string of the molecule is OC(COc1cccc2[nH]ccc12)Cn1nnc(-c2cccnc2)n1. The van der Waals surface area contributed by atoms with Gasteiger partial charge in [0.05, 0.1) is 6.54 Å². The predicted octanol–water partition coefficient (Wildman–Crippen LogP) is 1.66. The van der Waals surface area contributed by atoms with Crippen LogP contribution in [-0.2, 0) is 6.54 Å². The Morgan fingerprint density at radius 2 is 2.16 bits per heavy atom. The molecular formula is C17H16N6O2. The first-order valence-electron chi connectivity index (χ1n) is 7.85. The maximum absolute atomic E-state index is 10.2. The van der Waals surface area contributed by atoms with Crippen LogP contribution in [0.5, 0.6) is 5.75 Å². The number of nitrogens with one attached hydrogen (secondary N) is 1. The van der Waals surface area contributed by atoms with Crippen LogP contribution in [-0.4, -0.2) is 48.0 Å². The molecule has 1 aromatic carbocycles. The van der Waals surface area contributed by atoms with Gasteiger partial charge in [0.15, 0.2) is 0 Å². The molecular weight excluding hydrogens is 320 g/mol. The van der Waals surface area contributed by atoms with Crippen LogP contribution in [0.3, 0.4) is 0 Å². The second-order valence-corrected chi connectivity index (χ2v) is 5.57. The molecule has 0 saturated heterocycles. The average molecular weight is 336 g/mol. The number of aliphatic hydroxyl groups excluding tert-OH is 1. The summed E-state index contributed by atoms with van der Waals surface area (Å²) in [6, 6.07) is 11.3. The maximum atomic E-state index is 10.2. The Labute approximate surface area is 143 Å². The quantitative estimate of drug-likeness (QED) is 0.555. The van der Waals surface area contributed by atoms with E-state index in [4.69, 9.17) is 4.74 Å². The third-order valence-electron chi connectivity index (χ3n) is 3.73. The van der Waals surface area contributed by atoms with Crippen molar-refractivity contribution in [1.82, 2.24) is 30.2 Å². The number of rotatable bonds is 6. The lowest BCUT2D eigenvalue weighted by Crippen LogP contribution is -2.25. The molecule has 0 aliphatic carbocycles. The minimum Gasteiger partial charge on any atom is -0.490 e. The fourth-order valence-electron chi connectivity index (χ4n) is 2.54. The van der Waals surface area contributed by atoms with Crippen molar-refractivity contribution in [1.29, 1.82) is 0 Å². The highest BCUT2D eigenvalue weighted by Crippen LogP contribution is 2.24. The van der Waals surface area contributed by atoms with E-state index in [0.717, 1.165) is 22.2 Å². The third kappa shape index (κ3) is 3.33. The lowest BCUT2D eigenvalue weighted by molar-refractivity contribution is 0.0857. The highest BCUT2D eigenvalue weighted by Gasteiger charge is 2.12. The molecule has 2 N–H and O–H groups in total. The van der Waals surface area contributed by atoms with Crippen LogP contribution in [0.15, 0.2) is 55.0 Å². The molecule has 1 atom stereocenters. The van der Waals surface area contributed by atoms with Gasteiger partial charge in [-0.1, -0.05) is 6.07 Å². The number of pyridine rings is 1. The summed E-state index contributed by atoms with van der Waals surface area (Å²) in [6.45, 7) is 0.324. The predicted molar refractivity (Wildman–Crippen MR) is 90.8 cm³/mol. The van der Waals surface area contributed by atoms with Gasteiger partial charge in [-0.05, 0) is 35.5 Å². The molecule has 25 heavy (non-hydrogen) atoms. The highest BCUT2D eigenvalue weighted by atomic mass is 16.5. The Morgan fingerprint density at radius 3 is 3.04 bits per heavy atom. The van der Waals surface area contributed by atoms with E-state index in [9.17, 15) is 5.11 Å². The van der Waals surface area contributed by atoms with Crippen LogP contribution < -0.4 is 4.74 Å². The lowest BCUT2D eigenvalue weighted by Gasteiger charge is -2.12. The van der Waals surface area contributed by atoms with E-state index >= 15 is 0 Å². The Hall–Kier alpha value is -3.26. The number of benzene rings is 1. The van der Waals surface area contributed by atoms with E-state index in [1.165, 1.54) is 4.80 Å². The molecule has 0 bridgehead atoms. The Bertz CT molecular complexity index is 965. The second kappa shape index (κ2) is 6.70. The Morgan fingerprint density at radius 1 is 1.20 bits per heavy atom. The number of ether oxygens (including phenoxy) is 1. The molecule has 4 aromatic rings. The topological polar surface area (TPSA) is 102 Å². The molecule has 3 heterocycles. The summed E-state index contributed by atoms with van der Waals surface area (Å²) >= 11 is 0. The summed E-state index contributed by atoms with van der Waals surface area (Å²) in [5.41, 5.74) is 1.77. The summed E-state index contributed by atoms with van der Waals surface area (Å²) in [5, 5.41) is 23.4. The molecule has 8 nitrogen and oxygen atoms in total. The molecule has 0 fully saturated rings. The molecule has 3 aromatic heterocycles. The van der Waals surface area contributed by atoms with E-state index in [1.54, 1.807) is 18.5 Å². The van der Waals surface area contributed by atoms with Crippen LogP contribution in [0, 0.1) is 0 Å². The summed E-state index contributed by atoms with van der Waals surface area (Å²) < 4.78 is 5.73. The highest BCUT2D eigenvalue weighted by molar-refractivity contribution is 5.85. The van der Waals surface area contributed by atoms with Crippen molar-refractivity contribution in [3.8, 4) is 17.1 Å². The molecule has 8 heteroatoms. The van der Waals surface area contributed by atoms with E-state index in [-0.39, 0.29) is 13.2 Å². The van der Waals surface area contributed by atoms with Gasteiger partial charge in [-0.2, -0.15) is 4.80 Å². The van der Waals surface area contributed by atoms with Gasteiger partial charge < -0.3 is 14.8 Å². The first-order valence-corrected chi connectivity index (χ1v) is 7.85. The first kappa shape index (κ1) is 15.3. The standard InChI is InChI=1S/C17H16N6O2/c24-13(11-25-16-5-1-4-15-14(16)6-8-19-15)10-23-21-17(20-22-23)12-3-2-7-18-9-12/h1-9,13,19,24H,10-11H2. The monoisotopic (exact) mass is 336 g/mol. The fourth-order valence-corrected chi connectivity index (χ4v) is 2.54. The molecule has 0 aliphatic heterocycles. The molecule has 0 amide bonds. The van der Waals surface area contributed by atoms with Crippen molar-refractivity contribution in [3.63, 3.8) is 0 Å². The minimum atomic E-state index is -0.759. The molecule has 0 aliphatic rings. The maximum Gasteiger partial charge on any atom is 0.206 e. The van der Waals surface area contributed by atoms with E-state index in [1.807, 2.05) is 36.5 Å². The summed E-state index contributed by atoms with van der Waals surface area (Å²) in [7, 11) is 0. The summed E-state index contributed by atoms with van der Waals surface area (Å²) in [5.74, 6) is 1.19. The van der Waals surface area contributed by atoms with Gasteiger partial charge in [0.1, 0.15) is 18.5 Å². The fraction of sp³-hybridized carbons (Fsp3) is 0.176. The zero-order valence-electron chi connectivity index (χ0n) is 13.3. The van der Waals surface area contributed by atoms with Crippen LogP contribution in [0.1, 0.15) is 0 Å². The number of hydrogen-bond donors (Lipinski definition) is 2. The van der Waals surface area contributed by atoms with Crippen LogP contribution in [0.2, 0.25) is 0 Å². The zero-order valence-corrected chi connectivity index (χ0v) is 13.3. The van der Waals surface area contributed by atoms with Crippen LogP contribution in [0.25, 0.3) is 22.3 Å². The largest absolute Gasteiger partial charge is 0.490 e. The number of hydrogen-bond acceptors (Lipinski definition) is 6. The number of aromatic amines is 1. The number of fused-ring (bicyclic) bond motifs is 1. The normalized spacial score (nSPS) is 12.4. The van der Waals surface area contributed by atoms with Gasteiger partial charge in [-0.3, -0.25) is 4.98 Å². The van der Waals surface area contributed by atoms with E-state index in [2.05, 4.69) is 25.4 Å². The van der Waals surface area contributed by atoms with E-state index < -0.39 is 6.10 Å². The van der Waals surface area contributed by atoms with Crippen molar-refractivity contribution in [3.05, 3.63) is 55.0 Å². The molecule has 0 spiro atoms. The van der Waals surface area contributed by atoms with Crippen molar-refractivity contribution >= 4 is 10.9 Å². The van der Waals surface area contributed by atoms with Crippen molar-refractivity contribution < 1.29 is 9.84 Å². The van der Waals surface area contributed by atoms with Gasteiger partial charge >= 0.3 is 0 Å². The van der Waals surface area contributed by atoms with Gasteiger partial charge in [0, 0.05) is 35.1 Å². The van der Waals surface area contributed by atoms with Crippen LogP contribution >= 0.6 is 0 Å². The third-order valence-corrected chi connectivity index (χ3v) is 3.73. The van der Waals surface area contributed by atoms with Gasteiger partial charge in [-0.25, -0.2) is 0 Å².